The number of rotatable bonds is 5. The molecule has 0 radical (unpaired) electrons. The van der Waals surface area contributed by atoms with Crippen LogP contribution in [-0.2, 0) is 14.8 Å². The predicted octanol–water partition coefficient (Wildman–Crippen LogP) is -2.00. The molecule has 0 spiro atoms. The average Bonchev–Trinajstić information content (AvgIpc) is 2.01. The summed E-state index contributed by atoms with van der Waals surface area (Å²) in [5.41, 5.74) is 5.08. The van der Waals surface area contributed by atoms with Gasteiger partial charge in [-0.05, 0) is 6.92 Å². The Morgan fingerprint density at radius 3 is 2.46 bits per heavy atom. The average molecular weight is 209 g/mol. The molecule has 1 atom stereocenters. The second-order valence-electron chi connectivity index (χ2n) is 2.56. The fourth-order valence-corrected chi connectivity index (χ4v) is 1.83. The molecule has 78 valence electrons. The van der Waals surface area contributed by atoms with Gasteiger partial charge in [0, 0.05) is 13.6 Å². The summed E-state index contributed by atoms with van der Waals surface area (Å²) in [4.78, 5) is 10.9. The normalized spacial score (nSPS) is 13.8. The molecule has 1 unspecified atom stereocenters. The second-order valence-corrected chi connectivity index (χ2v) is 4.43. The first-order valence-corrected chi connectivity index (χ1v) is 5.50. The van der Waals surface area contributed by atoms with Crippen LogP contribution in [-0.4, -0.2) is 39.7 Å². The monoisotopic (exact) mass is 209 g/mol. The molecule has 0 saturated heterocycles. The van der Waals surface area contributed by atoms with E-state index in [0.29, 0.717) is 0 Å². The van der Waals surface area contributed by atoms with Crippen LogP contribution in [0, 0.1) is 0 Å². The standard InChI is InChI=1S/C6H15N3O3S/c1-5(6(10)8-2)9-13(11,12)4-3-7/h5,9H,3-4,7H2,1-2H3,(H,8,10). The number of nitrogens with one attached hydrogen (secondary N) is 2. The number of carbonyl (C=O) groups excluding carboxylic acids is 1. The molecule has 7 heteroatoms. The SMILES string of the molecule is CNC(=O)C(C)NS(=O)(=O)CCN. The van der Waals surface area contributed by atoms with E-state index < -0.39 is 16.1 Å². The number of nitrogens with two attached hydrogens (primary N) is 1. The first kappa shape index (κ1) is 12.3. The minimum absolute atomic E-state index is 0.0375. The topological polar surface area (TPSA) is 101 Å². The summed E-state index contributed by atoms with van der Waals surface area (Å²) >= 11 is 0. The summed E-state index contributed by atoms with van der Waals surface area (Å²) in [6.07, 6.45) is 0. The lowest BCUT2D eigenvalue weighted by atomic mass is 10.3. The van der Waals surface area contributed by atoms with Crippen molar-refractivity contribution >= 4 is 15.9 Å². The van der Waals surface area contributed by atoms with Crippen LogP contribution in [0.25, 0.3) is 0 Å². The van der Waals surface area contributed by atoms with Crippen molar-refractivity contribution < 1.29 is 13.2 Å². The summed E-state index contributed by atoms with van der Waals surface area (Å²) < 4.78 is 24.4. The molecule has 0 aromatic carbocycles. The molecule has 0 aromatic heterocycles. The highest BCUT2D eigenvalue weighted by atomic mass is 32.2. The van der Waals surface area contributed by atoms with Crippen molar-refractivity contribution in [1.82, 2.24) is 10.0 Å². The van der Waals surface area contributed by atoms with Crippen LogP contribution >= 0.6 is 0 Å². The van der Waals surface area contributed by atoms with E-state index in [-0.39, 0.29) is 18.2 Å². The van der Waals surface area contributed by atoms with Gasteiger partial charge in [0.25, 0.3) is 0 Å². The van der Waals surface area contributed by atoms with Crippen LogP contribution in [0.5, 0.6) is 0 Å². The van der Waals surface area contributed by atoms with E-state index in [9.17, 15) is 13.2 Å². The van der Waals surface area contributed by atoms with Gasteiger partial charge >= 0.3 is 0 Å². The Hall–Kier alpha value is -0.660. The minimum Gasteiger partial charge on any atom is -0.358 e. The molecule has 0 aliphatic rings. The van der Waals surface area contributed by atoms with Crippen molar-refractivity contribution in [3.8, 4) is 0 Å². The molecule has 1 amide bonds. The molecule has 0 aromatic rings. The summed E-state index contributed by atoms with van der Waals surface area (Å²) in [6, 6.07) is -0.762. The fourth-order valence-electron chi connectivity index (χ4n) is 0.753. The molecular weight excluding hydrogens is 194 g/mol. The molecule has 6 nitrogen and oxygen atoms in total. The van der Waals surface area contributed by atoms with Crippen molar-refractivity contribution in [3.05, 3.63) is 0 Å². The molecule has 0 aliphatic heterocycles. The third kappa shape index (κ3) is 4.81. The third-order valence-corrected chi connectivity index (χ3v) is 2.87. The van der Waals surface area contributed by atoms with Crippen LogP contribution < -0.4 is 15.8 Å². The smallest absolute Gasteiger partial charge is 0.237 e. The Labute approximate surface area is 77.9 Å². The van der Waals surface area contributed by atoms with Crippen LogP contribution in [0.15, 0.2) is 0 Å². The molecular formula is C6H15N3O3S. The zero-order valence-corrected chi connectivity index (χ0v) is 8.52. The van der Waals surface area contributed by atoms with E-state index in [0.717, 1.165) is 0 Å². The maximum absolute atomic E-state index is 11.1. The van der Waals surface area contributed by atoms with E-state index in [1.54, 1.807) is 0 Å². The van der Waals surface area contributed by atoms with Gasteiger partial charge in [-0.3, -0.25) is 4.79 Å². The Kier molecular flexibility index (Phi) is 4.89. The van der Waals surface area contributed by atoms with E-state index in [2.05, 4.69) is 10.0 Å². The van der Waals surface area contributed by atoms with Gasteiger partial charge in [-0.1, -0.05) is 0 Å². The van der Waals surface area contributed by atoms with Crippen molar-refractivity contribution in [2.75, 3.05) is 19.3 Å². The zero-order chi connectivity index (χ0) is 10.5. The predicted molar refractivity (Wildman–Crippen MR) is 49.5 cm³/mol. The van der Waals surface area contributed by atoms with Crippen molar-refractivity contribution in [3.63, 3.8) is 0 Å². The van der Waals surface area contributed by atoms with Gasteiger partial charge in [0.2, 0.25) is 15.9 Å². The summed E-state index contributed by atoms with van der Waals surface area (Å²) in [6.45, 7) is 1.50. The first-order chi connectivity index (χ1) is 5.93. The van der Waals surface area contributed by atoms with Gasteiger partial charge in [0.1, 0.15) is 0 Å². The Morgan fingerprint density at radius 1 is 1.54 bits per heavy atom. The zero-order valence-electron chi connectivity index (χ0n) is 7.70. The number of hydrogen-bond donors (Lipinski definition) is 3. The lowest BCUT2D eigenvalue weighted by Gasteiger charge is -2.11. The molecule has 4 N–H and O–H groups in total. The highest BCUT2D eigenvalue weighted by molar-refractivity contribution is 7.89. The first-order valence-electron chi connectivity index (χ1n) is 3.84. The van der Waals surface area contributed by atoms with Crippen LogP contribution in [0.3, 0.4) is 0 Å². The molecule has 0 saturated carbocycles. The van der Waals surface area contributed by atoms with Crippen LogP contribution in [0.1, 0.15) is 6.92 Å². The van der Waals surface area contributed by atoms with Gasteiger partial charge in [-0.25, -0.2) is 13.1 Å². The van der Waals surface area contributed by atoms with Gasteiger partial charge < -0.3 is 11.1 Å². The quantitative estimate of drug-likeness (QED) is 0.487. The lowest BCUT2D eigenvalue weighted by molar-refractivity contribution is -0.121. The lowest BCUT2D eigenvalue weighted by Crippen LogP contribution is -2.45. The highest BCUT2D eigenvalue weighted by Gasteiger charge is 2.17. The van der Waals surface area contributed by atoms with Crippen molar-refractivity contribution in [1.29, 1.82) is 0 Å². The van der Waals surface area contributed by atoms with E-state index in [4.69, 9.17) is 5.73 Å². The maximum atomic E-state index is 11.1. The second kappa shape index (κ2) is 5.15. The molecule has 0 heterocycles. The van der Waals surface area contributed by atoms with E-state index >= 15 is 0 Å². The van der Waals surface area contributed by atoms with Crippen LogP contribution in [0.2, 0.25) is 0 Å². The largest absolute Gasteiger partial charge is 0.358 e. The van der Waals surface area contributed by atoms with Gasteiger partial charge in [0.15, 0.2) is 0 Å². The fraction of sp³-hybridized carbons (Fsp3) is 0.833. The van der Waals surface area contributed by atoms with Crippen LogP contribution in [0.4, 0.5) is 0 Å². The number of sulfonamides is 1. The molecule has 0 bridgehead atoms. The maximum Gasteiger partial charge on any atom is 0.237 e. The Bertz CT molecular complexity index is 262. The number of carbonyl (C=O) groups is 1. The highest BCUT2D eigenvalue weighted by Crippen LogP contribution is 1.88. The van der Waals surface area contributed by atoms with E-state index in [1.165, 1.54) is 14.0 Å². The van der Waals surface area contributed by atoms with Crippen molar-refractivity contribution in [2.24, 2.45) is 5.73 Å². The number of hydrogen-bond acceptors (Lipinski definition) is 4. The minimum atomic E-state index is -3.42. The van der Waals surface area contributed by atoms with Crippen molar-refractivity contribution in [2.45, 2.75) is 13.0 Å². The molecule has 0 aliphatic carbocycles. The third-order valence-electron chi connectivity index (χ3n) is 1.38. The molecule has 0 fully saturated rings. The van der Waals surface area contributed by atoms with Gasteiger partial charge in [-0.2, -0.15) is 0 Å². The van der Waals surface area contributed by atoms with Gasteiger partial charge in [0.05, 0.1) is 11.8 Å². The van der Waals surface area contributed by atoms with Gasteiger partial charge in [-0.15, -0.1) is 0 Å². The Morgan fingerprint density at radius 2 is 2.08 bits per heavy atom. The number of likely N-dealkylation sites (N-methyl/N-ethyl adjacent to an activating group) is 1. The molecule has 0 rings (SSSR count). The summed E-state index contributed by atoms with van der Waals surface area (Å²) in [7, 11) is -1.98. The number of amides is 1. The summed E-state index contributed by atoms with van der Waals surface area (Å²) in [5.74, 6) is -0.547. The van der Waals surface area contributed by atoms with E-state index in [1.807, 2.05) is 0 Å². The molecule has 13 heavy (non-hydrogen) atoms. The Balaban J connectivity index is 4.20. The summed E-state index contributed by atoms with van der Waals surface area (Å²) in [5, 5.41) is 2.33.